The number of nitrogens with one attached hydrogen (secondary N) is 1. The number of ether oxygens (including phenoxy) is 1. The third-order valence-corrected chi connectivity index (χ3v) is 12.8. The number of aliphatic hydroxyl groups excluding tert-OH is 2. The van der Waals surface area contributed by atoms with E-state index in [4.69, 9.17) is 4.74 Å². The average molecular weight is 862 g/mol. The van der Waals surface area contributed by atoms with E-state index >= 15 is 0 Å². The molecule has 0 saturated carbocycles. The number of allylic oxidation sites excluding steroid dienone is 2. The van der Waals surface area contributed by atoms with E-state index in [9.17, 15) is 19.8 Å². The van der Waals surface area contributed by atoms with E-state index in [1.165, 1.54) is 193 Å². The first-order chi connectivity index (χ1) is 30.0. The second-order valence-corrected chi connectivity index (χ2v) is 18.9. The van der Waals surface area contributed by atoms with Crippen LogP contribution in [0.5, 0.6) is 0 Å². The highest BCUT2D eigenvalue weighted by Gasteiger charge is 2.20. The number of esters is 1. The number of rotatable bonds is 51. The highest BCUT2D eigenvalue weighted by atomic mass is 16.5. The van der Waals surface area contributed by atoms with Gasteiger partial charge >= 0.3 is 5.97 Å². The van der Waals surface area contributed by atoms with Crippen LogP contribution in [0.1, 0.15) is 303 Å². The zero-order chi connectivity index (χ0) is 44.4. The minimum absolute atomic E-state index is 0.0306. The second kappa shape index (κ2) is 51.2. The molecule has 0 saturated heterocycles. The molecule has 0 spiro atoms. The molecule has 1 amide bonds. The molecule has 0 heterocycles. The molecule has 6 heteroatoms. The Morgan fingerprint density at radius 1 is 0.443 bits per heavy atom. The topological polar surface area (TPSA) is 95.9 Å². The Bertz CT molecular complexity index is 909. The number of aliphatic hydroxyl groups is 2. The predicted octanol–water partition coefficient (Wildman–Crippen LogP) is 16.5. The molecular weight excluding hydrogens is 755 g/mol. The Hall–Kier alpha value is -1.40. The molecule has 0 radical (unpaired) electrons. The van der Waals surface area contributed by atoms with Crippen LogP contribution in [0.25, 0.3) is 0 Å². The number of amides is 1. The number of carbonyl (C=O) groups excluding carboxylic acids is 2. The summed E-state index contributed by atoms with van der Waals surface area (Å²) in [7, 11) is 0. The smallest absolute Gasteiger partial charge is 0.305 e. The van der Waals surface area contributed by atoms with Crippen molar-refractivity contribution in [1.29, 1.82) is 0 Å². The van der Waals surface area contributed by atoms with Gasteiger partial charge in [-0.1, -0.05) is 251 Å². The highest BCUT2D eigenvalue weighted by Crippen LogP contribution is 2.17. The van der Waals surface area contributed by atoms with Gasteiger partial charge in [0.25, 0.3) is 0 Å². The molecule has 0 aliphatic heterocycles. The van der Waals surface area contributed by atoms with Crippen LogP contribution in [-0.4, -0.2) is 47.4 Å². The van der Waals surface area contributed by atoms with E-state index in [1.807, 2.05) is 0 Å². The SMILES string of the molecule is CCCCCCCCCCCCCCCCCCCCCCCCC(O)C(CO)NC(=O)CCCCCCC/C=C\CCCCOC(=O)CCCCCCCCCCCCC. The van der Waals surface area contributed by atoms with Crippen LogP contribution in [0.3, 0.4) is 0 Å². The van der Waals surface area contributed by atoms with E-state index in [0.29, 0.717) is 25.9 Å². The molecule has 0 aromatic rings. The van der Waals surface area contributed by atoms with Gasteiger partial charge in [0.2, 0.25) is 5.91 Å². The molecule has 2 unspecified atom stereocenters. The van der Waals surface area contributed by atoms with Gasteiger partial charge in [0.1, 0.15) is 0 Å². The molecule has 6 nitrogen and oxygen atoms in total. The zero-order valence-electron chi connectivity index (χ0n) is 41.2. The molecule has 362 valence electrons. The minimum Gasteiger partial charge on any atom is -0.466 e. The number of hydrogen-bond acceptors (Lipinski definition) is 5. The van der Waals surface area contributed by atoms with Crippen molar-refractivity contribution in [3.8, 4) is 0 Å². The van der Waals surface area contributed by atoms with Gasteiger partial charge in [-0.05, 0) is 51.4 Å². The summed E-state index contributed by atoms with van der Waals surface area (Å²) < 4.78 is 5.42. The molecule has 0 aliphatic carbocycles. The molecule has 0 aromatic heterocycles. The molecular formula is C55H107NO5. The van der Waals surface area contributed by atoms with E-state index in [2.05, 4.69) is 31.3 Å². The molecule has 0 rings (SSSR count). The minimum atomic E-state index is -0.682. The summed E-state index contributed by atoms with van der Waals surface area (Å²) in [6.07, 6.45) is 59.1. The van der Waals surface area contributed by atoms with Crippen molar-refractivity contribution in [2.24, 2.45) is 0 Å². The molecule has 0 aliphatic rings. The van der Waals surface area contributed by atoms with Gasteiger partial charge in [0.15, 0.2) is 0 Å². The van der Waals surface area contributed by atoms with Gasteiger partial charge in [-0.15, -0.1) is 0 Å². The van der Waals surface area contributed by atoms with Gasteiger partial charge in [0.05, 0.1) is 25.4 Å². The fourth-order valence-electron chi connectivity index (χ4n) is 8.58. The average Bonchev–Trinajstić information content (AvgIpc) is 3.26. The molecule has 3 N–H and O–H groups in total. The molecule has 0 aromatic carbocycles. The largest absolute Gasteiger partial charge is 0.466 e. The third kappa shape index (κ3) is 47.9. The second-order valence-electron chi connectivity index (χ2n) is 18.9. The van der Waals surface area contributed by atoms with Crippen LogP contribution in [0.15, 0.2) is 12.2 Å². The lowest BCUT2D eigenvalue weighted by atomic mass is 10.0. The normalized spacial score (nSPS) is 12.7. The van der Waals surface area contributed by atoms with Crippen LogP contribution in [-0.2, 0) is 14.3 Å². The van der Waals surface area contributed by atoms with E-state index < -0.39 is 12.1 Å². The van der Waals surface area contributed by atoms with Crippen LogP contribution < -0.4 is 5.32 Å². The monoisotopic (exact) mass is 862 g/mol. The van der Waals surface area contributed by atoms with E-state index in [0.717, 1.165) is 77.0 Å². The zero-order valence-corrected chi connectivity index (χ0v) is 41.2. The van der Waals surface area contributed by atoms with Gasteiger partial charge in [-0.3, -0.25) is 9.59 Å². The number of unbranched alkanes of at least 4 members (excludes halogenated alkanes) is 38. The van der Waals surface area contributed by atoms with Crippen LogP contribution in [0, 0.1) is 0 Å². The number of hydrogen-bond donors (Lipinski definition) is 3. The summed E-state index contributed by atoms with van der Waals surface area (Å²) in [6.45, 7) is 4.89. The standard InChI is InChI=1S/C55H107NO5/c1-3-5-7-9-11-13-15-16-17-18-19-20-21-22-23-24-25-28-31-35-39-43-47-53(58)52(51-57)56-54(59)48-44-40-36-32-29-26-30-34-38-42-46-50-61-55(60)49-45-41-37-33-27-14-12-10-8-6-4-2/h30,34,52-53,57-58H,3-29,31-33,35-51H2,1-2H3,(H,56,59)/b34-30-. The molecule has 2 atom stereocenters. The molecule has 61 heavy (non-hydrogen) atoms. The highest BCUT2D eigenvalue weighted by molar-refractivity contribution is 5.76. The van der Waals surface area contributed by atoms with Gasteiger partial charge in [-0.25, -0.2) is 0 Å². The fourth-order valence-corrected chi connectivity index (χ4v) is 8.58. The summed E-state index contributed by atoms with van der Waals surface area (Å²) in [5.74, 6) is -0.0915. The molecule has 0 bridgehead atoms. The van der Waals surface area contributed by atoms with E-state index in [1.54, 1.807) is 0 Å². The van der Waals surface area contributed by atoms with Crippen molar-refractivity contribution in [2.45, 2.75) is 315 Å². The van der Waals surface area contributed by atoms with Crippen molar-refractivity contribution in [2.75, 3.05) is 13.2 Å². The lowest BCUT2D eigenvalue weighted by Gasteiger charge is -2.22. The Balaban J connectivity index is 3.50. The quantitative estimate of drug-likeness (QED) is 0.0322. The van der Waals surface area contributed by atoms with Crippen molar-refractivity contribution in [1.82, 2.24) is 5.32 Å². The fraction of sp³-hybridized carbons (Fsp3) is 0.927. The van der Waals surface area contributed by atoms with Gasteiger partial charge < -0.3 is 20.3 Å². The maximum Gasteiger partial charge on any atom is 0.305 e. The van der Waals surface area contributed by atoms with Crippen LogP contribution in [0.2, 0.25) is 0 Å². The first-order valence-electron chi connectivity index (χ1n) is 27.4. The Morgan fingerprint density at radius 3 is 1.16 bits per heavy atom. The van der Waals surface area contributed by atoms with Crippen molar-refractivity contribution >= 4 is 11.9 Å². The summed E-state index contributed by atoms with van der Waals surface area (Å²) in [4.78, 5) is 24.4. The van der Waals surface area contributed by atoms with Crippen molar-refractivity contribution in [3.63, 3.8) is 0 Å². The summed E-state index contributed by atoms with van der Waals surface area (Å²) >= 11 is 0. The Kier molecular flexibility index (Phi) is 50.1. The maximum absolute atomic E-state index is 12.5. The van der Waals surface area contributed by atoms with Crippen molar-refractivity contribution in [3.05, 3.63) is 12.2 Å². The first kappa shape index (κ1) is 59.6. The van der Waals surface area contributed by atoms with E-state index in [-0.39, 0.29) is 18.5 Å². The predicted molar refractivity (Wildman–Crippen MR) is 264 cm³/mol. The van der Waals surface area contributed by atoms with Crippen molar-refractivity contribution < 1.29 is 24.5 Å². The summed E-state index contributed by atoms with van der Waals surface area (Å²) in [5.41, 5.74) is 0. The third-order valence-electron chi connectivity index (χ3n) is 12.8. The Labute approximate surface area is 380 Å². The van der Waals surface area contributed by atoms with Gasteiger partial charge in [0, 0.05) is 12.8 Å². The lowest BCUT2D eigenvalue weighted by Crippen LogP contribution is -2.45. The first-order valence-corrected chi connectivity index (χ1v) is 27.4. The Morgan fingerprint density at radius 2 is 0.770 bits per heavy atom. The summed E-state index contributed by atoms with van der Waals surface area (Å²) in [5, 5.41) is 23.3. The van der Waals surface area contributed by atoms with Crippen LogP contribution >= 0.6 is 0 Å². The van der Waals surface area contributed by atoms with Crippen LogP contribution in [0.4, 0.5) is 0 Å². The maximum atomic E-state index is 12.5. The molecule has 0 fully saturated rings. The number of carbonyl (C=O) groups is 2. The summed E-state index contributed by atoms with van der Waals surface area (Å²) in [6, 6.07) is -0.562. The van der Waals surface area contributed by atoms with Gasteiger partial charge in [-0.2, -0.15) is 0 Å². The lowest BCUT2D eigenvalue weighted by molar-refractivity contribution is -0.143.